The van der Waals surface area contributed by atoms with Crippen LogP contribution in [0.4, 0.5) is 0 Å². The van der Waals surface area contributed by atoms with E-state index in [0.29, 0.717) is 6.61 Å². The monoisotopic (exact) mass is 1210 g/mol. The van der Waals surface area contributed by atoms with Crippen molar-refractivity contribution in [3.8, 4) is 0 Å². The SMILES string of the molecule is CC(C)(C)[Si](C)(C)O[C@@H]1[C@@H](O[Si](C)(C)C(C)(C)C)[C@@H](Sc2ccccc2)O[C@H](COC2O[C@H](COCc3ccccc3)[C@@H](O[Si](C)(C)C(C)(C)C)[C@H](O[Si](C)(C)C(C)(C)C)[C@H]2O[Si](C)(C)C(C)(C)C)[C@H]1O[Si](C)(C)C(C)(C)C. The maximum absolute atomic E-state index is 7.88. The number of hydrogen-bond donors (Lipinski definition) is 0. The Balaban J connectivity index is 2.06. The normalized spacial score (nSPS) is 26.3. The van der Waals surface area contributed by atoms with Crippen LogP contribution in [0, 0.1) is 0 Å². The zero-order valence-corrected chi connectivity index (χ0v) is 62.0. The molecule has 0 saturated carbocycles. The number of thioether (sulfide) groups is 1. The van der Waals surface area contributed by atoms with Crippen LogP contribution in [-0.4, -0.2) is 124 Å². The van der Waals surface area contributed by atoms with Crippen molar-refractivity contribution in [3.63, 3.8) is 0 Å². The van der Waals surface area contributed by atoms with E-state index < -0.39 is 110 Å². The van der Waals surface area contributed by atoms with Crippen LogP contribution in [0.5, 0.6) is 0 Å². The van der Waals surface area contributed by atoms with Crippen LogP contribution in [-0.2, 0) is 52.1 Å². The molecule has 2 aromatic carbocycles. The average Bonchev–Trinajstić information content (AvgIpc) is 3.25. The molecule has 0 bridgehead atoms. The van der Waals surface area contributed by atoms with E-state index in [1.165, 1.54) is 0 Å². The third-order valence-electron chi connectivity index (χ3n) is 19.4. The maximum Gasteiger partial charge on any atom is 0.192 e. The predicted octanol–water partition coefficient (Wildman–Crippen LogP) is 17.8. The van der Waals surface area contributed by atoms with Crippen LogP contribution < -0.4 is 0 Å². The van der Waals surface area contributed by atoms with Gasteiger partial charge in [0, 0.05) is 4.90 Å². The molecule has 0 radical (unpaired) electrons. The zero-order valence-electron chi connectivity index (χ0n) is 55.2. The second-order valence-corrected chi connectivity index (χ2v) is 61.6. The van der Waals surface area contributed by atoms with Gasteiger partial charge in [-0.2, -0.15) is 0 Å². The smallest absolute Gasteiger partial charge is 0.192 e. The first kappa shape index (κ1) is 70.2. The van der Waals surface area contributed by atoms with E-state index in [1.807, 2.05) is 6.07 Å². The Bertz CT molecular complexity index is 2170. The van der Waals surface area contributed by atoms with E-state index in [0.717, 1.165) is 10.5 Å². The van der Waals surface area contributed by atoms with Crippen LogP contribution in [0.2, 0.25) is 109 Å². The lowest BCUT2D eigenvalue weighted by atomic mass is 9.98. The van der Waals surface area contributed by atoms with Crippen molar-refractivity contribution in [1.82, 2.24) is 0 Å². The van der Waals surface area contributed by atoms with Crippen LogP contribution in [0.25, 0.3) is 0 Å². The van der Waals surface area contributed by atoms with Gasteiger partial charge in [0.15, 0.2) is 56.2 Å². The van der Waals surface area contributed by atoms with Crippen LogP contribution >= 0.6 is 11.8 Å². The van der Waals surface area contributed by atoms with Gasteiger partial charge >= 0.3 is 0 Å². The Kier molecular flexibility index (Phi) is 22.8. The number of hydrogen-bond acceptors (Lipinski definition) is 11. The fraction of sp³-hybridized carbons (Fsp3) is 0.803. The van der Waals surface area contributed by atoms with Gasteiger partial charge in [-0.25, -0.2) is 0 Å². The fourth-order valence-corrected chi connectivity index (χ4v) is 16.9. The zero-order chi connectivity index (χ0) is 59.9. The van der Waals surface area contributed by atoms with Crippen LogP contribution in [0.1, 0.15) is 130 Å². The third kappa shape index (κ3) is 17.6. The topological polar surface area (TPSA) is 92.3 Å². The summed E-state index contributed by atoms with van der Waals surface area (Å²) in [7, 11) is -15.2. The van der Waals surface area contributed by atoms with Crippen molar-refractivity contribution in [2.45, 2.75) is 305 Å². The summed E-state index contributed by atoms with van der Waals surface area (Å²) in [5.41, 5.74) is 0.624. The lowest BCUT2D eigenvalue weighted by molar-refractivity contribution is -0.305. The van der Waals surface area contributed by atoms with Crippen LogP contribution in [0.3, 0.4) is 0 Å². The van der Waals surface area contributed by atoms with E-state index in [-0.39, 0.29) is 43.4 Å². The summed E-state index contributed by atoms with van der Waals surface area (Å²) in [6.07, 6.45) is -5.28. The lowest BCUT2D eigenvalue weighted by Gasteiger charge is -2.55. The second kappa shape index (κ2) is 25.3. The molecule has 0 spiro atoms. The minimum atomic E-state index is -2.59. The Morgan fingerprint density at radius 2 is 0.679 bits per heavy atom. The van der Waals surface area contributed by atoms with Crippen molar-refractivity contribution < 1.29 is 45.5 Å². The van der Waals surface area contributed by atoms with E-state index in [4.69, 9.17) is 45.5 Å². The summed E-state index contributed by atoms with van der Waals surface area (Å²) in [6.45, 7) is 70.3. The quantitative estimate of drug-likeness (QED) is 0.112. The Labute approximate surface area is 489 Å². The number of benzene rings is 2. The Hall–Kier alpha value is -0.309. The van der Waals surface area contributed by atoms with E-state index in [1.54, 1.807) is 11.8 Å². The van der Waals surface area contributed by atoms with Crippen molar-refractivity contribution in [2.24, 2.45) is 0 Å². The molecule has 10 nitrogen and oxygen atoms in total. The maximum atomic E-state index is 7.88. The molecule has 0 aromatic heterocycles. The summed E-state index contributed by atoms with van der Waals surface area (Å²) in [5.74, 6) is 0. The Morgan fingerprint density at radius 3 is 1.05 bits per heavy atom. The van der Waals surface area contributed by atoms with Crippen molar-refractivity contribution in [1.29, 1.82) is 0 Å². The van der Waals surface area contributed by atoms with Gasteiger partial charge in [0.25, 0.3) is 0 Å². The molecule has 2 heterocycles. The standard InChI is InChI=1S/C61H116O10SSi6/c1-56(2,3)73(19,20)66-48-46(42-62-41-44-37-33-31-34-38-44)64-54(52(70-77(27,28)60(13,14)15)50(48)68-75(23,24)58(7,8)9)63-43-47-49(67-74(21,22)57(4,5)6)51(69-76(25,26)59(10,11)12)53(71-78(29,30)61(16,17)18)55(65-47)72-45-39-35-32-36-40-45/h31-40,46-55H,41-43H2,1-30H3/t46-,47-,48-,49-,50+,51+,52-,53-,54?,55-/m1/s1. The highest BCUT2D eigenvalue weighted by Gasteiger charge is 2.60. The molecule has 0 amide bonds. The minimum Gasteiger partial charge on any atom is -0.408 e. The highest BCUT2D eigenvalue weighted by molar-refractivity contribution is 7.99. The summed E-state index contributed by atoms with van der Waals surface area (Å²) in [6, 6.07) is 20.9. The predicted molar refractivity (Wildman–Crippen MR) is 344 cm³/mol. The average molecular weight is 1210 g/mol. The summed E-state index contributed by atoms with van der Waals surface area (Å²) in [5, 5.41) is -0.683. The molecular formula is C61H116O10SSi6. The van der Waals surface area contributed by atoms with E-state index in [2.05, 4.69) is 258 Å². The summed E-state index contributed by atoms with van der Waals surface area (Å²) < 4.78 is 76.2. The van der Waals surface area contributed by atoms with E-state index in [9.17, 15) is 0 Å². The van der Waals surface area contributed by atoms with Crippen molar-refractivity contribution in [2.75, 3.05) is 13.2 Å². The van der Waals surface area contributed by atoms with Gasteiger partial charge in [0.1, 0.15) is 54.3 Å². The highest BCUT2D eigenvalue weighted by Crippen LogP contribution is 2.50. The van der Waals surface area contributed by atoms with Gasteiger partial charge in [0.2, 0.25) is 0 Å². The minimum absolute atomic E-state index is 0.0831. The molecule has 2 aliphatic heterocycles. The van der Waals surface area contributed by atoms with Crippen LogP contribution in [0.15, 0.2) is 65.6 Å². The largest absolute Gasteiger partial charge is 0.408 e. The van der Waals surface area contributed by atoms with E-state index >= 15 is 0 Å². The first-order valence-corrected chi connectivity index (χ1v) is 47.6. The molecule has 1 unspecified atom stereocenters. The molecule has 10 atom stereocenters. The number of rotatable bonds is 21. The van der Waals surface area contributed by atoms with Crippen molar-refractivity contribution in [3.05, 3.63) is 66.2 Å². The van der Waals surface area contributed by atoms with Gasteiger partial charge in [-0.3, -0.25) is 0 Å². The molecule has 17 heteroatoms. The second-order valence-electron chi connectivity index (χ2n) is 31.9. The van der Waals surface area contributed by atoms with Gasteiger partial charge in [-0.1, -0.05) is 185 Å². The summed E-state index contributed by atoms with van der Waals surface area (Å²) >= 11 is 1.70. The summed E-state index contributed by atoms with van der Waals surface area (Å²) in [4.78, 5) is 1.09. The molecule has 4 rings (SSSR count). The number of ether oxygens (including phenoxy) is 4. The van der Waals surface area contributed by atoms with Gasteiger partial charge < -0.3 is 45.5 Å². The molecule has 2 aromatic rings. The molecule has 78 heavy (non-hydrogen) atoms. The molecule has 0 N–H and O–H groups in total. The fourth-order valence-electron chi connectivity index (χ4n) is 7.85. The Morgan fingerprint density at radius 1 is 0.372 bits per heavy atom. The first-order valence-electron chi connectivity index (χ1n) is 29.3. The van der Waals surface area contributed by atoms with Crippen molar-refractivity contribution >= 4 is 61.7 Å². The molecule has 0 aliphatic carbocycles. The highest BCUT2D eigenvalue weighted by atomic mass is 32.2. The van der Waals surface area contributed by atoms with Gasteiger partial charge in [-0.05, 0) is 126 Å². The molecule has 450 valence electrons. The third-order valence-corrected chi connectivity index (χ3v) is 47.4. The first-order chi connectivity index (χ1) is 35.0. The molecular weight excluding hydrogens is 1090 g/mol. The van der Waals surface area contributed by atoms with Gasteiger partial charge in [0.05, 0.1) is 19.8 Å². The van der Waals surface area contributed by atoms with Gasteiger partial charge in [-0.15, -0.1) is 0 Å². The molecule has 2 fully saturated rings. The molecule has 2 aliphatic rings. The lowest BCUT2D eigenvalue weighted by Crippen LogP contribution is -2.69. The molecule has 2 saturated heterocycles.